The van der Waals surface area contributed by atoms with E-state index in [-0.39, 0.29) is 0 Å². The Kier molecular flexibility index (Phi) is 5.82. The smallest absolute Gasteiger partial charge is 0.105 e. The number of nitrogens with zero attached hydrogens (tertiary/aromatic N) is 1. The Bertz CT molecular complexity index is 393. The SMILES string of the molecule is OC(CCBr)C(O)c1cccc(CN2CCCC2)c1. The summed E-state index contributed by atoms with van der Waals surface area (Å²) in [5.74, 6) is 0. The van der Waals surface area contributed by atoms with Crippen LogP contribution in [0.15, 0.2) is 24.3 Å². The second kappa shape index (κ2) is 7.39. The summed E-state index contributed by atoms with van der Waals surface area (Å²) in [5, 5.41) is 20.7. The third-order valence-corrected chi connectivity index (χ3v) is 4.12. The fraction of sp³-hybridized carbons (Fsp3) is 0.600. The Balaban J connectivity index is 2.01. The van der Waals surface area contributed by atoms with Gasteiger partial charge in [0, 0.05) is 11.9 Å². The molecule has 1 heterocycles. The number of alkyl halides is 1. The number of halogens is 1. The van der Waals surface area contributed by atoms with Crippen molar-refractivity contribution in [1.29, 1.82) is 0 Å². The minimum absolute atomic E-state index is 0.553. The van der Waals surface area contributed by atoms with E-state index in [9.17, 15) is 10.2 Å². The molecule has 1 aromatic rings. The second-order valence-corrected chi connectivity index (χ2v) is 6.01. The van der Waals surface area contributed by atoms with Crippen LogP contribution in [0.5, 0.6) is 0 Å². The molecule has 3 nitrogen and oxygen atoms in total. The Labute approximate surface area is 123 Å². The van der Waals surface area contributed by atoms with E-state index < -0.39 is 12.2 Å². The Morgan fingerprint density at radius 2 is 1.95 bits per heavy atom. The molecule has 0 saturated carbocycles. The molecule has 1 fully saturated rings. The molecule has 2 N–H and O–H groups in total. The molecule has 0 spiro atoms. The van der Waals surface area contributed by atoms with Gasteiger partial charge in [0.25, 0.3) is 0 Å². The second-order valence-electron chi connectivity index (χ2n) is 5.22. The van der Waals surface area contributed by atoms with Crippen molar-refractivity contribution < 1.29 is 10.2 Å². The molecule has 1 aliphatic heterocycles. The maximum atomic E-state index is 10.1. The molecule has 2 unspecified atom stereocenters. The number of benzene rings is 1. The van der Waals surface area contributed by atoms with Gasteiger partial charge in [-0.25, -0.2) is 0 Å². The van der Waals surface area contributed by atoms with Gasteiger partial charge in [-0.15, -0.1) is 0 Å². The van der Waals surface area contributed by atoms with Gasteiger partial charge >= 0.3 is 0 Å². The summed E-state index contributed by atoms with van der Waals surface area (Å²) in [7, 11) is 0. The van der Waals surface area contributed by atoms with Crippen LogP contribution in [-0.2, 0) is 6.54 Å². The zero-order valence-corrected chi connectivity index (χ0v) is 12.7. The van der Waals surface area contributed by atoms with Crippen molar-refractivity contribution in [3.63, 3.8) is 0 Å². The molecule has 1 aliphatic rings. The lowest BCUT2D eigenvalue weighted by Crippen LogP contribution is -2.20. The molecular formula is C15H22BrNO2. The molecule has 4 heteroatoms. The van der Waals surface area contributed by atoms with Gasteiger partial charge < -0.3 is 10.2 Å². The maximum Gasteiger partial charge on any atom is 0.105 e. The zero-order valence-electron chi connectivity index (χ0n) is 11.1. The van der Waals surface area contributed by atoms with Gasteiger partial charge in [-0.1, -0.05) is 40.2 Å². The standard InChI is InChI=1S/C15H22BrNO2/c16-7-6-14(18)15(19)13-5-3-4-12(10-13)11-17-8-1-2-9-17/h3-5,10,14-15,18-19H,1-2,6-9,11H2. The lowest BCUT2D eigenvalue weighted by Gasteiger charge is -2.19. The molecule has 0 aliphatic carbocycles. The lowest BCUT2D eigenvalue weighted by atomic mass is 10.0. The molecule has 19 heavy (non-hydrogen) atoms. The number of hydrogen-bond acceptors (Lipinski definition) is 3. The van der Waals surface area contributed by atoms with Crippen LogP contribution >= 0.6 is 15.9 Å². The van der Waals surface area contributed by atoms with Crippen LogP contribution in [0.4, 0.5) is 0 Å². The van der Waals surface area contributed by atoms with Crippen LogP contribution in [0.2, 0.25) is 0 Å². The zero-order chi connectivity index (χ0) is 13.7. The summed E-state index contributed by atoms with van der Waals surface area (Å²) in [4.78, 5) is 2.43. The Morgan fingerprint density at radius 1 is 1.21 bits per heavy atom. The first-order valence-electron chi connectivity index (χ1n) is 6.94. The summed E-state index contributed by atoms with van der Waals surface area (Å²) in [6.07, 6.45) is 1.62. The average molecular weight is 328 g/mol. The first-order valence-corrected chi connectivity index (χ1v) is 8.06. The predicted molar refractivity (Wildman–Crippen MR) is 80.3 cm³/mol. The molecule has 2 rings (SSSR count). The molecule has 1 aromatic carbocycles. The van der Waals surface area contributed by atoms with Gasteiger partial charge in [0.05, 0.1) is 6.10 Å². The fourth-order valence-electron chi connectivity index (χ4n) is 2.57. The van der Waals surface area contributed by atoms with E-state index in [0.717, 1.165) is 12.1 Å². The summed E-state index contributed by atoms with van der Waals surface area (Å²) < 4.78 is 0. The molecule has 0 amide bonds. The quantitative estimate of drug-likeness (QED) is 0.789. The number of rotatable bonds is 6. The van der Waals surface area contributed by atoms with Crippen LogP contribution < -0.4 is 0 Å². The van der Waals surface area contributed by atoms with E-state index in [0.29, 0.717) is 11.8 Å². The first kappa shape index (κ1) is 15.0. The number of aliphatic hydroxyl groups excluding tert-OH is 2. The van der Waals surface area contributed by atoms with Crippen molar-refractivity contribution in [3.8, 4) is 0 Å². The third kappa shape index (κ3) is 4.28. The highest BCUT2D eigenvalue weighted by Crippen LogP contribution is 2.22. The van der Waals surface area contributed by atoms with Crippen LogP contribution in [-0.4, -0.2) is 39.6 Å². The predicted octanol–water partition coefficient (Wildman–Crippen LogP) is 2.46. The van der Waals surface area contributed by atoms with E-state index in [1.165, 1.54) is 31.5 Å². The van der Waals surface area contributed by atoms with Crippen molar-refractivity contribution in [2.75, 3.05) is 18.4 Å². The van der Waals surface area contributed by atoms with Gasteiger partial charge in [-0.05, 0) is 43.5 Å². The maximum absolute atomic E-state index is 10.1. The van der Waals surface area contributed by atoms with Gasteiger partial charge in [-0.3, -0.25) is 4.90 Å². The van der Waals surface area contributed by atoms with E-state index in [4.69, 9.17) is 0 Å². The van der Waals surface area contributed by atoms with Crippen LogP contribution in [0.1, 0.15) is 36.5 Å². The number of likely N-dealkylation sites (tertiary alicyclic amines) is 1. The highest BCUT2D eigenvalue weighted by Gasteiger charge is 2.18. The summed E-state index contributed by atoms with van der Waals surface area (Å²) in [6, 6.07) is 7.95. The number of aliphatic hydroxyl groups is 2. The molecule has 0 bridgehead atoms. The van der Waals surface area contributed by atoms with Gasteiger partial charge in [-0.2, -0.15) is 0 Å². The van der Waals surface area contributed by atoms with E-state index in [1.807, 2.05) is 18.2 Å². The molecule has 0 aromatic heterocycles. The van der Waals surface area contributed by atoms with Crippen LogP contribution in [0.3, 0.4) is 0 Å². The van der Waals surface area contributed by atoms with Crippen molar-refractivity contribution in [3.05, 3.63) is 35.4 Å². The third-order valence-electron chi connectivity index (χ3n) is 3.67. The van der Waals surface area contributed by atoms with Crippen molar-refractivity contribution >= 4 is 15.9 Å². The van der Waals surface area contributed by atoms with Gasteiger partial charge in [0.15, 0.2) is 0 Å². The molecule has 2 atom stereocenters. The first-order chi connectivity index (χ1) is 9.20. The largest absolute Gasteiger partial charge is 0.390 e. The highest BCUT2D eigenvalue weighted by atomic mass is 79.9. The van der Waals surface area contributed by atoms with Gasteiger partial charge in [0.2, 0.25) is 0 Å². The summed E-state index contributed by atoms with van der Waals surface area (Å²) in [6.45, 7) is 3.27. The minimum Gasteiger partial charge on any atom is -0.390 e. The number of hydrogen-bond donors (Lipinski definition) is 2. The molecular weight excluding hydrogens is 306 g/mol. The Morgan fingerprint density at radius 3 is 2.63 bits per heavy atom. The average Bonchev–Trinajstić information content (AvgIpc) is 2.91. The van der Waals surface area contributed by atoms with Crippen molar-refractivity contribution in [1.82, 2.24) is 4.90 Å². The lowest BCUT2D eigenvalue weighted by molar-refractivity contribution is 0.0173. The van der Waals surface area contributed by atoms with E-state index in [1.54, 1.807) is 0 Å². The topological polar surface area (TPSA) is 43.7 Å². The molecule has 0 radical (unpaired) electrons. The summed E-state index contributed by atoms with van der Waals surface area (Å²) >= 11 is 3.29. The monoisotopic (exact) mass is 327 g/mol. The molecule has 106 valence electrons. The van der Waals surface area contributed by atoms with Crippen LogP contribution in [0, 0.1) is 0 Å². The fourth-order valence-corrected chi connectivity index (χ4v) is 3.04. The van der Waals surface area contributed by atoms with Gasteiger partial charge in [0.1, 0.15) is 6.10 Å². The van der Waals surface area contributed by atoms with Crippen molar-refractivity contribution in [2.24, 2.45) is 0 Å². The van der Waals surface area contributed by atoms with Crippen LogP contribution in [0.25, 0.3) is 0 Å². The van der Waals surface area contributed by atoms with Crippen molar-refractivity contribution in [2.45, 2.75) is 38.0 Å². The highest BCUT2D eigenvalue weighted by molar-refractivity contribution is 9.09. The van der Waals surface area contributed by atoms with E-state index in [2.05, 4.69) is 26.9 Å². The Hall–Kier alpha value is -0.420. The summed E-state index contributed by atoms with van der Waals surface area (Å²) in [5.41, 5.74) is 2.02. The van der Waals surface area contributed by atoms with E-state index >= 15 is 0 Å². The molecule has 1 saturated heterocycles. The normalized spacial score (nSPS) is 19.5. The minimum atomic E-state index is -0.795.